The number of thioether (sulfide) groups is 1. The number of hydrogen-bond acceptors (Lipinski definition) is 5. The SMILES string of the molecule is CCc1ccc(C(=O)C(C)Sc2nncn2CCc2cccs2)cc1. The van der Waals surface area contributed by atoms with Crippen LogP contribution < -0.4 is 0 Å². The number of benzene rings is 1. The van der Waals surface area contributed by atoms with Gasteiger partial charge in [0.05, 0.1) is 5.25 Å². The van der Waals surface area contributed by atoms with Gasteiger partial charge in [0, 0.05) is 17.0 Å². The van der Waals surface area contributed by atoms with Gasteiger partial charge in [0.1, 0.15) is 6.33 Å². The van der Waals surface area contributed by atoms with E-state index in [4.69, 9.17) is 0 Å². The standard InChI is InChI=1S/C19H21N3OS2/c1-3-15-6-8-16(9-7-15)18(23)14(2)25-19-21-20-13-22(19)11-10-17-5-4-12-24-17/h4-9,12-14H,3,10-11H2,1-2H3. The molecule has 0 aliphatic rings. The smallest absolute Gasteiger partial charge is 0.191 e. The number of carbonyl (C=O) groups excluding carboxylic acids is 1. The molecular formula is C19H21N3OS2. The first-order valence-corrected chi connectivity index (χ1v) is 10.1. The van der Waals surface area contributed by atoms with Gasteiger partial charge in [-0.2, -0.15) is 0 Å². The Kier molecular flexibility index (Phi) is 6.04. The molecule has 2 heterocycles. The van der Waals surface area contributed by atoms with Gasteiger partial charge in [-0.05, 0) is 36.8 Å². The van der Waals surface area contributed by atoms with E-state index in [1.54, 1.807) is 17.7 Å². The summed E-state index contributed by atoms with van der Waals surface area (Å²) in [6, 6.07) is 12.1. The fourth-order valence-corrected chi connectivity index (χ4v) is 4.15. The van der Waals surface area contributed by atoms with E-state index in [2.05, 4.69) is 34.6 Å². The lowest BCUT2D eigenvalue weighted by molar-refractivity contribution is 0.0994. The molecule has 1 unspecified atom stereocenters. The van der Waals surface area contributed by atoms with Crippen LogP contribution in [0.2, 0.25) is 0 Å². The van der Waals surface area contributed by atoms with E-state index in [1.165, 1.54) is 22.2 Å². The predicted molar refractivity (Wildman–Crippen MR) is 104 cm³/mol. The van der Waals surface area contributed by atoms with Crippen LogP contribution in [0.4, 0.5) is 0 Å². The molecule has 0 saturated carbocycles. The topological polar surface area (TPSA) is 47.8 Å². The number of aromatic nitrogens is 3. The van der Waals surface area contributed by atoms with Crippen LogP contribution in [0.3, 0.4) is 0 Å². The molecule has 1 atom stereocenters. The van der Waals surface area contributed by atoms with Crippen molar-refractivity contribution in [3.63, 3.8) is 0 Å². The van der Waals surface area contributed by atoms with Crippen molar-refractivity contribution in [1.29, 1.82) is 0 Å². The lowest BCUT2D eigenvalue weighted by Gasteiger charge is -2.11. The molecule has 3 aromatic rings. The van der Waals surface area contributed by atoms with Gasteiger partial charge in [-0.15, -0.1) is 21.5 Å². The lowest BCUT2D eigenvalue weighted by atomic mass is 10.1. The van der Waals surface area contributed by atoms with Gasteiger partial charge in [0.25, 0.3) is 0 Å². The van der Waals surface area contributed by atoms with E-state index in [9.17, 15) is 4.79 Å². The van der Waals surface area contributed by atoms with E-state index in [1.807, 2.05) is 35.8 Å². The maximum Gasteiger partial charge on any atom is 0.191 e. The van der Waals surface area contributed by atoms with Gasteiger partial charge in [0.2, 0.25) is 0 Å². The van der Waals surface area contributed by atoms with Crippen LogP contribution in [0.25, 0.3) is 0 Å². The molecule has 0 N–H and O–H groups in total. The highest BCUT2D eigenvalue weighted by Crippen LogP contribution is 2.24. The van der Waals surface area contributed by atoms with Crippen LogP contribution in [0.1, 0.15) is 34.6 Å². The molecule has 6 heteroatoms. The fourth-order valence-electron chi connectivity index (χ4n) is 2.53. The van der Waals surface area contributed by atoms with E-state index < -0.39 is 0 Å². The van der Waals surface area contributed by atoms with Crippen LogP contribution in [0.5, 0.6) is 0 Å². The van der Waals surface area contributed by atoms with Crippen LogP contribution in [0.15, 0.2) is 53.3 Å². The molecule has 3 rings (SSSR count). The molecule has 0 fully saturated rings. The highest BCUT2D eigenvalue weighted by Gasteiger charge is 2.19. The Balaban J connectivity index is 1.63. The normalized spacial score (nSPS) is 12.2. The summed E-state index contributed by atoms with van der Waals surface area (Å²) < 4.78 is 2.02. The Morgan fingerprint density at radius 3 is 2.76 bits per heavy atom. The number of ketones is 1. The average Bonchev–Trinajstić information content (AvgIpc) is 3.31. The Morgan fingerprint density at radius 2 is 2.08 bits per heavy atom. The number of hydrogen-bond donors (Lipinski definition) is 0. The number of Topliss-reactive ketones (excluding diaryl/α,β-unsaturated/α-hetero) is 1. The number of nitrogens with zero attached hydrogens (tertiary/aromatic N) is 3. The van der Waals surface area contributed by atoms with Crippen LogP contribution in [-0.2, 0) is 19.4 Å². The summed E-state index contributed by atoms with van der Waals surface area (Å²) in [6.07, 6.45) is 3.67. The summed E-state index contributed by atoms with van der Waals surface area (Å²) in [7, 11) is 0. The average molecular weight is 372 g/mol. The van der Waals surface area contributed by atoms with Crippen molar-refractivity contribution in [1.82, 2.24) is 14.8 Å². The maximum atomic E-state index is 12.6. The quantitative estimate of drug-likeness (QED) is 0.432. The number of aryl methyl sites for hydroxylation is 3. The van der Waals surface area contributed by atoms with Crippen molar-refractivity contribution in [2.45, 2.75) is 43.6 Å². The van der Waals surface area contributed by atoms with Crippen LogP contribution in [0, 0.1) is 0 Å². The third-order valence-corrected chi connectivity index (χ3v) is 6.09. The van der Waals surface area contributed by atoms with Crippen molar-refractivity contribution in [3.8, 4) is 0 Å². The predicted octanol–water partition coefficient (Wildman–Crippen LogP) is 4.51. The van der Waals surface area contributed by atoms with Crippen molar-refractivity contribution >= 4 is 28.9 Å². The Labute approximate surface area is 156 Å². The van der Waals surface area contributed by atoms with Gasteiger partial charge in [-0.1, -0.05) is 49.0 Å². The molecule has 4 nitrogen and oxygen atoms in total. The minimum atomic E-state index is -0.197. The molecule has 0 aliphatic heterocycles. The van der Waals surface area contributed by atoms with Gasteiger partial charge >= 0.3 is 0 Å². The molecule has 0 amide bonds. The summed E-state index contributed by atoms with van der Waals surface area (Å²) >= 11 is 3.22. The fraction of sp³-hybridized carbons (Fsp3) is 0.316. The third-order valence-electron chi connectivity index (χ3n) is 4.06. The zero-order chi connectivity index (χ0) is 17.6. The first-order valence-electron chi connectivity index (χ1n) is 8.37. The van der Waals surface area contributed by atoms with Crippen LogP contribution >= 0.6 is 23.1 Å². The zero-order valence-electron chi connectivity index (χ0n) is 14.4. The monoisotopic (exact) mass is 371 g/mol. The summed E-state index contributed by atoms with van der Waals surface area (Å²) in [5, 5.41) is 10.9. The van der Waals surface area contributed by atoms with Gasteiger partial charge in [0.15, 0.2) is 10.9 Å². The summed E-state index contributed by atoms with van der Waals surface area (Å²) in [6.45, 7) is 4.86. The molecule has 2 aromatic heterocycles. The Hall–Kier alpha value is -1.92. The first-order chi connectivity index (χ1) is 12.2. The van der Waals surface area contributed by atoms with Crippen molar-refractivity contribution in [3.05, 3.63) is 64.1 Å². The van der Waals surface area contributed by atoms with E-state index in [0.717, 1.165) is 30.1 Å². The van der Waals surface area contributed by atoms with Crippen LogP contribution in [-0.4, -0.2) is 25.8 Å². The van der Waals surface area contributed by atoms with E-state index in [-0.39, 0.29) is 11.0 Å². The van der Waals surface area contributed by atoms with Gasteiger partial charge in [-0.3, -0.25) is 4.79 Å². The van der Waals surface area contributed by atoms with E-state index in [0.29, 0.717) is 0 Å². The second-order valence-electron chi connectivity index (χ2n) is 5.81. The second-order valence-corrected chi connectivity index (χ2v) is 8.15. The molecule has 0 bridgehead atoms. The number of thiophene rings is 1. The van der Waals surface area contributed by atoms with Crippen molar-refractivity contribution in [2.75, 3.05) is 0 Å². The Bertz CT molecular complexity index is 810. The molecule has 1 aromatic carbocycles. The zero-order valence-corrected chi connectivity index (χ0v) is 16.0. The molecular weight excluding hydrogens is 350 g/mol. The van der Waals surface area contributed by atoms with Crippen molar-refractivity contribution in [2.24, 2.45) is 0 Å². The summed E-state index contributed by atoms with van der Waals surface area (Å²) in [4.78, 5) is 14.0. The molecule has 0 radical (unpaired) electrons. The molecule has 130 valence electrons. The largest absolute Gasteiger partial charge is 0.308 e. The highest BCUT2D eigenvalue weighted by atomic mass is 32.2. The summed E-state index contributed by atoms with van der Waals surface area (Å²) in [5.74, 6) is 0.125. The lowest BCUT2D eigenvalue weighted by Crippen LogP contribution is -2.15. The van der Waals surface area contributed by atoms with Gasteiger partial charge < -0.3 is 4.57 Å². The minimum Gasteiger partial charge on any atom is -0.308 e. The Morgan fingerprint density at radius 1 is 1.28 bits per heavy atom. The molecule has 0 spiro atoms. The molecule has 25 heavy (non-hydrogen) atoms. The highest BCUT2D eigenvalue weighted by molar-refractivity contribution is 8.00. The van der Waals surface area contributed by atoms with Gasteiger partial charge in [-0.25, -0.2) is 0 Å². The third kappa shape index (κ3) is 4.58. The summed E-state index contributed by atoms with van der Waals surface area (Å²) in [5.41, 5.74) is 1.99. The first kappa shape index (κ1) is 17.9. The molecule has 0 saturated heterocycles. The second kappa shape index (κ2) is 8.45. The molecule has 0 aliphatic carbocycles. The maximum absolute atomic E-state index is 12.6. The van der Waals surface area contributed by atoms with E-state index >= 15 is 0 Å². The minimum absolute atomic E-state index is 0.125. The number of carbonyl (C=O) groups is 1. The number of rotatable bonds is 8. The van der Waals surface area contributed by atoms with Crippen molar-refractivity contribution < 1.29 is 4.79 Å².